The Kier molecular flexibility index (Phi) is 4.49. The topological polar surface area (TPSA) is 113 Å². The van der Waals surface area contributed by atoms with Crippen molar-refractivity contribution in [2.75, 3.05) is 0 Å². The molecule has 2 N–H and O–H groups in total. The van der Waals surface area contributed by atoms with Crippen LogP contribution in [0.15, 0.2) is 34.7 Å². The number of carbonyl (C=O) groups excluding carboxylic acids is 1. The van der Waals surface area contributed by atoms with Crippen LogP contribution in [0.25, 0.3) is 10.6 Å². The van der Waals surface area contributed by atoms with Crippen LogP contribution in [-0.4, -0.2) is 27.2 Å². The highest BCUT2D eigenvalue weighted by molar-refractivity contribution is 7.16. The molecule has 0 aromatic carbocycles. The number of H-pyrrole nitrogens is 1. The zero-order chi connectivity index (χ0) is 17.1. The first-order chi connectivity index (χ1) is 11.6. The third kappa shape index (κ3) is 3.24. The summed E-state index contributed by atoms with van der Waals surface area (Å²) in [5, 5.41) is 23.4. The number of aromatic nitrogens is 2. The van der Waals surface area contributed by atoms with Gasteiger partial charge in [0.25, 0.3) is 5.91 Å². The van der Waals surface area contributed by atoms with Crippen LogP contribution in [-0.2, 0) is 0 Å². The van der Waals surface area contributed by atoms with Crippen LogP contribution in [0.5, 0.6) is 0 Å². The Morgan fingerprint density at radius 2 is 2.29 bits per heavy atom. The Morgan fingerprint density at radius 1 is 1.46 bits per heavy atom. The number of amides is 1. The smallest absolute Gasteiger partial charge is 0.281 e. The van der Waals surface area contributed by atoms with Crippen LogP contribution in [0.4, 0.5) is 5.00 Å². The molecule has 1 amide bonds. The predicted molar refractivity (Wildman–Crippen MR) is 92.7 cm³/mol. The first-order valence-corrected chi connectivity index (χ1v) is 8.42. The van der Waals surface area contributed by atoms with E-state index in [4.69, 9.17) is 0 Å². The number of nitro groups is 1. The summed E-state index contributed by atoms with van der Waals surface area (Å²) in [4.78, 5) is 24.0. The number of hydrogen-bond donors (Lipinski definition) is 2. The van der Waals surface area contributed by atoms with E-state index in [0.717, 1.165) is 16.2 Å². The van der Waals surface area contributed by atoms with E-state index in [0.29, 0.717) is 21.8 Å². The quantitative estimate of drug-likeness (QED) is 0.413. The lowest BCUT2D eigenvalue weighted by molar-refractivity contribution is -0.380. The van der Waals surface area contributed by atoms with Crippen LogP contribution in [0.2, 0.25) is 0 Å². The lowest BCUT2D eigenvalue weighted by atomic mass is 10.1. The molecule has 0 atom stereocenters. The standard InChI is InChI=1S/C14H11N5O3S2/c1-8-12(13(17-16-8)10-3-2-6-23-10)14(20)18-15-7-9-4-5-11(24-9)19(21)22/h2-7H,1H3,(H,16,17)(H,18,20). The predicted octanol–water partition coefficient (Wildman–Crippen LogP) is 3.18. The average molecular weight is 361 g/mol. The molecule has 3 aromatic rings. The van der Waals surface area contributed by atoms with E-state index in [-0.39, 0.29) is 5.00 Å². The maximum atomic E-state index is 12.4. The molecule has 0 bridgehead atoms. The third-order valence-corrected chi connectivity index (χ3v) is 4.93. The van der Waals surface area contributed by atoms with Crippen LogP contribution in [0.3, 0.4) is 0 Å². The van der Waals surface area contributed by atoms with Gasteiger partial charge >= 0.3 is 5.00 Å². The molecule has 8 nitrogen and oxygen atoms in total. The number of hydrazone groups is 1. The van der Waals surface area contributed by atoms with E-state index in [1.807, 2.05) is 17.5 Å². The molecular formula is C14H11N5O3S2. The van der Waals surface area contributed by atoms with Gasteiger partial charge in [-0.05, 0) is 24.4 Å². The molecular weight excluding hydrogens is 350 g/mol. The van der Waals surface area contributed by atoms with Gasteiger partial charge < -0.3 is 0 Å². The molecule has 10 heteroatoms. The summed E-state index contributed by atoms with van der Waals surface area (Å²) < 4.78 is 0. The summed E-state index contributed by atoms with van der Waals surface area (Å²) in [7, 11) is 0. The number of hydrogen-bond acceptors (Lipinski definition) is 7. The molecule has 3 aromatic heterocycles. The highest BCUT2D eigenvalue weighted by atomic mass is 32.1. The third-order valence-electron chi connectivity index (χ3n) is 3.08. The van der Waals surface area contributed by atoms with Crippen LogP contribution >= 0.6 is 22.7 Å². The summed E-state index contributed by atoms with van der Waals surface area (Å²) in [5.74, 6) is -0.396. The number of thiophene rings is 2. The Morgan fingerprint density at radius 3 is 2.96 bits per heavy atom. The van der Waals surface area contributed by atoms with Gasteiger partial charge in [-0.1, -0.05) is 17.4 Å². The van der Waals surface area contributed by atoms with Gasteiger partial charge in [0.05, 0.1) is 26.5 Å². The minimum atomic E-state index is -0.470. The van der Waals surface area contributed by atoms with Crippen LogP contribution in [0, 0.1) is 17.0 Å². The van der Waals surface area contributed by atoms with Crippen molar-refractivity contribution in [1.29, 1.82) is 0 Å². The van der Waals surface area contributed by atoms with Crippen LogP contribution < -0.4 is 5.43 Å². The molecule has 0 fully saturated rings. The molecule has 0 aliphatic carbocycles. The Hall–Kier alpha value is -2.85. The molecule has 24 heavy (non-hydrogen) atoms. The van der Waals surface area contributed by atoms with Gasteiger partial charge in [-0.25, -0.2) is 5.43 Å². The second-order valence-corrected chi connectivity index (χ2v) is 6.72. The van der Waals surface area contributed by atoms with Gasteiger partial charge in [-0.15, -0.1) is 11.3 Å². The number of nitrogens with zero attached hydrogens (tertiary/aromatic N) is 3. The maximum absolute atomic E-state index is 12.4. The summed E-state index contributed by atoms with van der Waals surface area (Å²) in [6, 6.07) is 6.72. The van der Waals surface area contributed by atoms with E-state index in [2.05, 4.69) is 20.7 Å². The van der Waals surface area contributed by atoms with Gasteiger partial charge in [0, 0.05) is 11.8 Å². The molecule has 0 saturated carbocycles. The van der Waals surface area contributed by atoms with Crippen molar-refractivity contribution in [2.24, 2.45) is 5.10 Å². The van der Waals surface area contributed by atoms with E-state index >= 15 is 0 Å². The minimum absolute atomic E-state index is 0.0217. The number of carbonyl (C=O) groups is 1. The van der Waals surface area contributed by atoms with Gasteiger partial charge in [-0.3, -0.25) is 20.0 Å². The van der Waals surface area contributed by atoms with E-state index < -0.39 is 10.8 Å². The summed E-state index contributed by atoms with van der Waals surface area (Å²) in [6.45, 7) is 1.76. The number of rotatable bonds is 5. The largest absolute Gasteiger partial charge is 0.324 e. The fraction of sp³-hybridized carbons (Fsp3) is 0.0714. The maximum Gasteiger partial charge on any atom is 0.324 e. The van der Waals surface area contributed by atoms with Crippen molar-refractivity contribution in [2.45, 2.75) is 6.92 Å². The van der Waals surface area contributed by atoms with E-state index in [9.17, 15) is 14.9 Å². The monoisotopic (exact) mass is 361 g/mol. The lowest BCUT2D eigenvalue weighted by Gasteiger charge is -2.00. The number of aromatic amines is 1. The van der Waals surface area contributed by atoms with E-state index in [1.54, 1.807) is 13.0 Å². The van der Waals surface area contributed by atoms with Gasteiger partial charge in [-0.2, -0.15) is 10.2 Å². The fourth-order valence-electron chi connectivity index (χ4n) is 2.02. The zero-order valence-corrected chi connectivity index (χ0v) is 14.0. The first kappa shape index (κ1) is 16.0. The van der Waals surface area contributed by atoms with Crippen LogP contribution in [0.1, 0.15) is 20.9 Å². The average Bonchev–Trinajstić information content (AvgIpc) is 3.26. The van der Waals surface area contributed by atoms with Crippen molar-refractivity contribution < 1.29 is 9.72 Å². The molecule has 0 spiro atoms. The molecule has 0 saturated heterocycles. The van der Waals surface area contributed by atoms with Crippen molar-refractivity contribution in [3.05, 3.63) is 55.9 Å². The van der Waals surface area contributed by atoms with Crippen molar-refractivity contribution in [1.82, 2.24) is 15.6 Å². The highest BCUT2D eigenvalue weighted by Crippen LogP contribution is 2.27. The fourth-order valence-corrected chi connectivity index (χ4v) is 3.43. The van der Waals surface area contributed by atoms with Gasteiger partial charge in [0.1, 0.15) is 5.69 Å². The van der Waals surface area contributed by atoms with Crippen molar-refractivity contribution >= 4 is 39.8 Å². The second kappa shape index (κ2) is 6.72. The van der Waals surface area contributed by atoms with Gasteiger partial charge in [0.2, 0.25) is 0 Å². The summed E-state index contributed by atoms with van der Waals surface area (Å²) in [6.07, 6.45) is 1.37. The molecule has 0 aliphatic heterocycles. The molecule has 3 rings (SSSR count). The number of nitrogens with one attached hydrogen (secondary N) is 2. The normalized spacial score (nSPS) is 11.0. The highest BCUT2D eigenvalue weighted by Gasteiger charge is 2.19. The number of aryl methyl sites for hydroxylation is 1. The molecule has 0 radical (unpaired) electrons. The Balaban J connectivity index is 1.75. The lowest BCUT2D eigenvalue weighted by Crippen LogP contribution is -2.18. The first-order valence-electron chi connectivity index (χ1n) is 6.72. The molecule has 0 aliphatic rings. The Bertz CT molecular complexity index is 911. The summed E-state index contributed by atoms with van der Waals surface area (Å²) in [5.41, 5.74) is 4.06. The molecule has 3 heterocycles. The van der Waals surface area contributed by atoms with Gasteiger partial charge in [0.15, 0.2) is 0 Å². The Labute approximate surface area is 144 Å². The molecule has 122 valence electrons. The van der Waals surface area contributed by atoms with Crippen molar-refractivity contribution in [3.8, 4) is 10.6 Å². The minimum Gasteiger partial charge on any atom is -0.281 e. The zero-order valence-electron chi connectivity index (χ0n) is 12.3. The molecule has 0 unspecified atom stereocenters. The van der Waals surface area contributed by atoms with Crippen molar-refractivity contribution in [3.63, 3.8) is 0 Å². The SMILES string of the molecule is Cc1[nH]nc(-c2cccs2)c1C(=O)NN=Cc1ccc([N+](=O)[O-])s1. The van der Waals surface area contributed by atoms with E-state index in [1.165, 1.54) is 23.6 Å². The second-order valence-electron chi connectivity index (χ2n) is 4.68. The summed E-state index contributed by atoms with van der Waals surface area (Å²) >= 11 is 2.46.